The van der Waals surface area contributed by atoms with Crippen LogP contribution in [0, 0.1) is 0 Å². The number of aromatic amines is 1. The Balaban J connectivity index is 2.08. The van der Waals surface area contributed by atoms with Crippen LogP contribution in [-0.2, 0) is 6.42 Å². The van der Waals surface area contributed by atoms with Crippen molar-refractivity contribution in [2.24, 2.45) is 0 Å². The lowest BCUT2D eigenvalue weighted by Crippen LogP contribution is -2.19. The van der Waals surface area contributed by atoms with Gasteiger partial charge < -0.3 is 9.73 Å². The molecule has 2 aromatic heterocycles. The molecule has 5 heteroatoms. The summed E-state index contributed by atoms with van der Waals surface area (Å²) in [6.07, 6.45) is 4.16. The zero-order chi connectivity index (χ0) is 9.80. The number of nitrogens with one attached hydrogen (secondary N) is 2. The van der Waals surface area contributed by atoms with E-state index < -0.39 is 0 Å². The molecule has 0 amide bonds. The Hall–Kier alpha value is -1.62. The minimum atomic E-state index is 0.139. The summed E-state index contributed by atoms with van der Waals surface area (Å²) in [7, 11) is 1.89. The fourth-order valence-corrected chi connectivity index (χ4v) is 1.36. The molecule has 0 saturated heterocycles. The number of hydrogen-bond donors (Lipinski definition) is 2. The molecule has 0 bridgehead atoms. The van der Waals surface area contributed by atoms with Crippen LogP contribution in [-0.4, -0.2) is 22.5 Å². The van der Waals surface area contributed by atoms with Crippen LogP contribution >= 0.6 is 0 Å². The van der Waals surface area contributed by atoms with Gasteiger partial charge in [-0.2, -0.15) is 15.4 Å². The molecule has 0 aromatic carbocycles. The first-order valence-corrected chi connectivity index (χ1v) is 4.45. The SMILES string of the molecule is CNC(Cc1ccco1)c1cn[nH]n1. The van der Waals surface area contributed by atoms with Crippen molar-refractivity contribution in [2.45, 2.75) is 12.5 Å². The average Bonchev–Trinajstić information content (AvgIpc) is 2.86. The molecule has 2 rings (SSSR count). The smallest absolute Gasteiger partial charge is 0.105 e. The van der Waals surface area contributed by atoms with Crippen LogP contribution in [0.3, 0.4) is 0 Å². The van der Waals surface area contributed by atoms with Gasteiger partial charge in [0.25, 0.3) is 0 Å². The van der Waals surface area contributed by atoms with Gasteiger partial charge in [-0.05, 0) is 19.2 Å². The van der Waals surface area contributed by atoms with Gasteiger partial charge in [-0.25, -0.2) is 0 Å². The Morgan fingerprint density at radius 3 is 3.14 bits per heavy atom. The van der Waals surface area contributed by atoms with E-state index in [4.69, 9.17) is 4.42 Å². The van der Waals surface area contributed by atoms with E-state index in [1.807, 2.05) is 19.2 Å². The van der Waals surface area contributed by atoms with E-state index in [0.29, 0.717) is 0 Å². The number of rotatable bonds is 4. The number of hydrogen-bond acceptors (Lipinski definition) is 4. The lowest BCUT2D eigenvalue weighted by molar-refractivity contribution is 0.461. The Morgan fingerprint density at radius 2 is 2.57 bits per heavy atom. The molecule has 1 atom stereocenters. The third-order valence-electron chi connectivity index (χ3n) is 2.12. The number of likely N-dealkylation sites (N-methyl/N-ethyl adjacent to an activating group) is 1. The molecule has 0 radical (unpaired) electrons. The zero-order valence-corrected chi connectivity index (χ0v) is 7.90. The predicted octanol–water partition coefficient (Wildman–Crippen LogP) is 0.901. The molecular formula is C9H12N4O. The molecule has 2 N–H and O–H groups in total. The van der Waals surface area contributed by atoms with Gasteiger partial charge in [0.2, 0.25) is 0 Å². The van der Waals surface area contributed by atoms with Crippen molar-refractivity contribution in [2.75, 3.05) is 7.05 Å². The largest absolute Gasteiger partial charge is 0.469 e. The highest BCUT2D eigenvalue weighted by Crippen LogP contribution is 2.14. The summed E-state index contributed by atoms with van der Waals surface area (Å²) in [6.45, 7) is 0. The van der Waals surface area contributed by atoms with Gasteiger partial charge in [0.1, 0.15) is 5.76 Å². The summed E-state index contributed by atoms with van der Waals surface area (Å²) in [4.78, 5) is 0. The summed E-state index contributed by atoms with van der Waals surface area (Å²) in [5.41, 5.74) is 0.893. The monoisotopic (exact) mass is 192 g/mol. The molecule has 0 saturated carbocycles. The van der Waals surface area contributed by atoms with E-state index >= 15 is 0 Å². The average molecular weight is 192 g/mol. The predicted molar refractivity (Wildman–Crippen MR) is 50.6 cm³/mol. The highest BCUT2D eigenvalue weighted by Gasteiger charge is 2.13. The molecule has 5 nitrogen and oxygen atoms in total. The summed E-state index contributed by atoms with van der Waals surface area (Å²) in [5, 5.41) is 13.6. The third kappa shape index (κ3) is 1.82. The number of furan rings is 1. The van der Waals surface area contributed by atoms with Crippen LogP contribution in [0.15, 0.2) is 29.0 Å². The zero-order valence-electron chi connectivity index (χ0n) is 7.90. The maximum absolute atomic E-state index is 5.27. The molecule has 14 heavy (non-hydrogen) atoms. The minimum Gasteiger partial charge on any atom is -0.469 e. The Labute approximate surface area is 81.5 Å². The molecule has 2 aromatic rings. The molecule has 0 aliphatic rings. The van der Waals surface area contributed by atoms with E-state index in [2.05, 4.69) is 20.7 Å². The lowest BCUT2D eigenvalue weighted by Gasteiger charge is -2.10. The van der Waals surface area contributed by atoms with Gasteiger partial charge in [0.05, 0.1) is 24.2 Å². The fourth-order valence-electron chi connectivity index (χ4n) is 1.36. The molecule has 0 spiro atoms. The number of H-pyrrole nitrogens is 1. The molecule has 2 heterocycles. The van der Waals surface area contributed by atoms with Gasteiger partial charge in [-0.1, -0.05) is 0 Å². The van der Waals surface area contributed by atoms with E-state index in [1.54, 1.807) is 12.5 Å². The van der Waals surface area contributed by atoms with Crippen molar-refractivity contribution in [3.05, 3.63) is 36.0 Å². The van der Waals surface area contributed by atoms with E-state index in [1.165, 1.54) is 0 Å². The minimum absolute atomic E-state index is 0.139. The van der Waals surface area contributed by atoms with Crippen LogP contribution in [0.5, 0.6) is 0 Å². The highest BCUT2D eigenvalue weighted by molar-refractivity contribution is 5.07. The van der Waals surface area contributed by atoms with Gasteiger partial charge in [-0.3, -0.25) is 0 Å². The first-order valence-electron chi connectivity index (χ1n) is 4.45. The van der Waals surface area contributed by atoms with Crippen LogP contribution < -0.4 is 5.32 Å². The summed E-state index contributed by atoms with van der Waals surface area (Å²) >= 11 is 0. The molecule has 0 aliphatic heterocycles. The number of aromatic nitrogens is 3. The molecule has 0 fully saturated rings. The second-order valence-electron chi connectivity index (χ2n) is 3.02. The van der Waals surface area contributed by atoms with Gasteiger partial charge >= 0.3 is 0 Å². The quantitative estimate of drug-likeness (QED) is 0.755. The summed E-state index contributed by atoms with van der Waals surface area (Å²) in [5.74, 6) is 0.937. The van der Waals surface area contributed by atoms with Crippen LogP contribution in [0.1, 0.15) is 17.5 Å². The second kappa shape index (κ2) is 4.06. The highest BCUT2D eigenvalue weighted by atomic mass is 16.3. The van der Waals surface area contributed by atoms with Gasteiger partial charge in [0, 0.05) is 6.42 Å². The van der Waals surface area contributed by atoms with E-state index in [-0.39, 0.29) is 6.04 Å². The normalized spacial score (nSPS) is 12.9. The van der Waals surface area contributed by atoms with Crippen molar-refractivity contribution in [1.82, 2.24) is 20.7 Å². The Bertz CT molecular complexity index is 354. The molecule has 74 valence electrons. The first kappa shape index (κ1) is 8.96. The standard InChI is InChI=1S/C9H12N4O/c1-10-8(9-6-11-13-12-9)5-7-3-2-4-14-7/h2-4,6,8,10H,5H2,1H3,(H,11,12,13). The fraction of sp³-hybridized carbons (Fsp3) is 0.333. The first-order chi connectivity index (χ1) is 6.90. The maximum atomic E-state index is 5.27. The summed E-state index contributed by atoms with van der Waals surface area (Å²) < 4.78 is 5.27. The maximum Gasteiger partial charge on any atom is 0.105 e. The van der Waals surface area contributed by atoms with Gasteiger partial charge in [0.15, 0.2) is 0 Å². The van der Waals surface area contributed by atoms with Crippen molar-refractivity contribution in [3.8, 4) is 0 Å². The lowest BCUT2D eigenvalue weighted by atomic mass is 10.1. The van der Waals surface area contributed by atoms with Crippen LogP contribution in [0.2, 0.25) is 0 Å². The number of nitrogens with zero attached hydrogens (tertiary/aromatic N) is 2. The van der Waals surface area contributed by atoms with Crippen molar-refractivity contribution < 1.29 is 4.42 Å². The molecule has 1 unspecified atom stereocenters. The Morgan fingerprint density at radius 1 is 1.64 bits per heavy atom. The second-order valence-corrected chi connectivity index (χ2v) is 3.02. The molecule has 0 aliphatic carbocycles. The van der Waals surface area contributed by atoms with Crippen molar-refractivity contribution >= 4 is 0 Å². The van der Waals surface area contributed by atoms with E-state index in [0.717, 1.165) is 17.9 Å². The van der Waals surface area contributed by atoms with Crippen LogP contribution in [0.25, 0.3) is 0 Å². The third-order valence-corrected chi connectivity index (χ3v) is 2.12. The van der Waals surface area contributed by atoms with Crippen molar-refractivity contribution in [3.63, 3.8) is 0 Å². The van der Waals surface area contributed by atoms with Gasteiger partial charge in [-0.15, -0.1) is 0 Å². The van der Waals surface area contributed by atoms with E-state index in [9.17, 15) is 0 Å². The summed E-state index contributed by atoms with van der Waals surface area (Å²) in [6, 6.07) is 3.97. The van der Waals surface area contributed by atoms with Crippen LogP contribution in [0.4, 0.5) is 0 Å². The Kier molecular flexibility index (Phi) is 2.60. The molecular weight excluding hydrogens is 180 g/mol. The topological polar surface area (TPSA) is 66.7 Å². The van der Waals surface area contributed by atoms with Crippen molar-refractivity contribution in [1.29, 1.82) is 0 Å².